The van der Waals surface area contributed by atoms with E-state index in [-0.39, 0.29) is 33.5 Å². The number of ketones is 4. The molecule has 158 valence electrons. The van der Waals surface area contributed by atoms with E-state index in [9.17, 15) is 24.3 Å². The molecule has 1 fully saturated rings. The van der Waals surface area contributed by atoms with Gasteiger partial charge >= 0.3 is 0 Å². The maximum absolute atomic E-state index is 13.5. The number of nitrogens with one attached hydrogen (secondary N) is 1. The van der Waals surface area contributed by atoms with Gasteiger partial charge in [0, 0.05) is 16.7 Å². The summed E-state index contributed by atoms with van der Waals surface area (Å²) in [4.78, 5) is 52.8. The summed E-state index contributed by atoms with van der Waals surface area (Å²) < 4.78 is 5.92. The minimum absolute atomic E-state index is 0.0800. The summed E-state index contributed by atoms with van der Waals surface area (Å²) >= 11 is 0. The van der Waals surface area contributed by atoms with Crippen molar-refractivity contribution in [2.24, 2.45) is 0 Å². The van der Waals surface area contributed by atoms with Crippen LogP contribution in [0.25, 0.3) is 0 Å². The maximum atomic E-state index is 13.5. The van der Waals surface area contributed by atoms with Crippen molar-refractivity contribution in [3.8, 4) is 29.4 Å². The van der Waals surface area contributed by atoms with Crippen molar-refractivity contribution >= 4 is 28.8 Å². The summed E-state index contributed by atoms with van der Waals surface area (Å²) in [6.45, 7) is 1.29. The third-order valence-electron chi connectivity index (χ3n) is 6.55. The zero-order valence-electron chi connectivity index (χ0n) is 17.1. The highest BCUT2D eigenvalue weighted by Crippen LogP contribution is 2.65. The molecule has 2 aliphatic carbocycles. The predicted octanol–water partition coefficient (Wildman–Crippen LogP) is 1.66. The van der Waals surface area contributed by atoms with Crippen LogP contribution >= 0.6 is 0 Å². The van der Waals surface area contributed by atoms with E-state index in [1.54, 1.807) is 12.1 Å². The van der Waals surface area contributed by atoms with Crippen molar-refractivity contribution < 1.29 is 29.0 Å². The molecule has 33 heavy (non-hydrogen) atoms. The summed E-state index contributed by atoms with van der Waals surface area (Å²) in [5, 5.41) is 13.9. The summed E-state index contributed by atoms with van der Waals surface area (Å²) in [5.41, 5.74) is -3.23. The molecule has 3 unspecified atom stereocenters. The molecule has 1 saturated heterocycles. The van der Waals surface area contributed by atoms with Gasteiger partial charge in [-0.25, -0.2) is 0 Å². The van der Waals surface area contributed by atoms with Gasteiger partial charge in [-0.1, -0.05) is 42.0 Å². The molecule has 6 rings (SSSR count). The lowest BCUT2D eigenvalue weighted by atomic mass is 9.70. The lowest BCUT2D eigenvalue weighted by Crippen LogP contribution is -2.52. The van der Waals surface area contributed by atoms with Gasteiger partial charge in [-0.2, -0.15) is 0 Å². The second-order valence-electron chi connectivity index (χ2n) is 8.14. The lowest BCUT2D eigenvalue weighted by Gasteiger charge is -2.33. The smallest absolute Gasteiger partial charge is 0.245 e. The molecule has 2 aromatic carbocycles. The maximum Gasteiger partial charge on any atom is 0.245 e. The molecular weight excluding hydrogens is 422 g/mol. The number of carbonyl (C=O) groups is 4. The van der Waals surface area contributed by atoms with Crippen molar-refractivity contribution in [2.75, 3.05) is 5.32 Å². The summed E-state index contributed by atoms with van der Waals surface area (Å²) in [6.07, 6.45) is 2.85. The van der Waals surface area contributed by atoms with Crippen LogP contribution in [-0.4, -0.2) is 39.9 Å². The second-order valence-corrected chi connectivity index (χ2v) is 8.14. The van der Waals surface area contributed by atoms with E-state index in [0.29, 0.717) is 0 Å². The fourth-order valence-corrected chi connectivity index (χ4v) is 5.09. The molecular formula is C26H13NO6. The van der Waals surface area contributed by atoms with Gasteiger partial charge < -0.3 is 15.2 Å². The van der Waals surface area contributed by atoms with Gasteiger partial charge in [-0.15, -0.1) is 0 Å². The fourth-order valence-electron chi connectivity index (χ4n) is 5.09. The first-order chi connectivity index (χ1) is 15.8. The average Bonchev–Trinajstić information content (AvgIpc) is 3.53. The third-order valence-corrected chi connectivity index (χ3v) is 6.55. The Hall–Kier alpha value is -4.46. The number of aromatic hydroxyl groups is 1. The highest BCUT2D eigenvalue weighted by Gasteiger charge is 2.83. The molecule has 0 aromatic heterocycles. The molecule has 0 spiro atoms. The van der Waals surface area contributed by atoms with Gasteiger partial charge in [0.2, 0.25) is 17.0 Å². The number of fused-ring (bicyclic) bond motifs is 4. The topological polar surface area (TPSA) is 113 Å². The van der Waals surface area contributed by atoms with Crippen molar-refractivity contribution in [1.29, 1.82) is 0 Å². The third kappa shape index (κ3) is 2.10. The van der Waals surface area contributed by atoms with E-state index in [2.05, 4.69) is 29.0 Å². The first-order valence-electron chi connectivity index (χ1n) is 10.1. The number of rotatable bonds is 1. The molecule has 4 aliphatic rings. The van der Waals surface area contributed by atoms with Gasteiger partial charge in [0.15, 0.2) is 17.3 Å². The standard InChI is InChI=1S/C26H13NO6/c1-13(28)25-18-10-4-2-3-5-11-19(30)26(25,33-25)16-12-17(29)20-21(22(16)27-18)24(32)15-9-7-6-8-14(15)23(20)31/h2-3,6-9,12,18,27,29H,1H3/b3-2-. The number of hydrogen-bond donors (Lipinski definition) is 2. The summed E-state index contributed by atoms with van der Waals surface area (Å²) in [6, 6.07) is 6.52. The van der Waals surface area contributed by atoms with Crippen LogP contribution in [0.1, 0.15) is 44.3 Å². The van der Waals surface area contributed by atoms with Gasteiger partial charge in [-0.3, -0.25) is 19.2 Å². The van der Waals surface area contributed by atoms with E-state index in [4.69, 9.17) is 4.74 Å². The van der Waals surface area contributed by atoms with E-state index >= 15 is 0 Å². The normalized spacial score (nSPS) is 28.3. The van der Waals surface area contributed by atoms with Crippen molar-refractivity contribution in [3.05, 3.63) is 70.3 Å². The summed E-state index contributed by atoms with van der Waals surface area (Å²) in [5.74, 6) is 8.04. The van der Waals surface area contributed by atoms with Crippen LogP contribution in [0.4, 0.5) is 5.69 Å². The van der Waals surface area contributed by atoms with Gasteiger partial charge in [0.1, 0.15) is 11.8 Å². The Balaban J connectivity index is 1.71. The number of carbonyl (C=O) groups excluding carboxylic acids is 4. The molecule has 0 radical (unpaired) electrons. The molecule has 7 nitrogen and oxygen atoms in total. The average molecular weight is 435 g/mol. The number of phenolic OH excluding ortho intramolecular Hbond substituents is 1. The van der Waals surface area contributed by atoms with Gasteiger partial charge in [0.25, 0.3) is 0 Å². The van der Waals surface area contributed by atoms with Crippen LogP contribution in [0, 0.1) is 23.7 Å². The number of epoxide rings is 1. The molecule has 2 N–H and O–H groups in total. The molecule has 2 aromatic rings. The second kappa shape index (κ2) is 6.07. The predicted molar refractivity (Wildman–Crippen MR) is 115 cm³/mol. The van der Waals surface area contributed by atoms with Crippen LogP contribution in [0.5, 0.6) is 5.75 Å². The Bertz CT molecular complexity index is 1540. The summed E-state index contributed by atoms with van der Waals surface area (Å²) in [7, 11) is 0. The molecule has 2 aliphatic heterocycles. The Kier molecular flexibility index (Phi) is 3.54. The van der Waals surface area contributed by atoms with E-state index in [0.717, 1.165) is 0 Å². The first-order valence-corrected chi connectivity index (χ1v) is 10.1. The Morgan fingerprint density at radius 3 is 2.42 bits per heavy atom. The van der Waals surface area contributed by atoms with Crippen LogP contribution < -0.4 is 5.32 Å². The zero-order chi connectivity index (χ0) is 23.1. The number of anilines is 1. The van der Waals surface area contributed by atoms with Crippen LogP contribution in [0.15, 0.2) is 42.5 Å². The fraction of sp³-hybridized carbons (Fsp3) is 0.154. The van der Waals surface area contributed by atoms with Crippen LogP contribution in [-0.2, 0) is 19.9 Å². The molecule has 2 bridgehead atoms. The number of Topliss-reactive ketones (excluding diaryl/α,β-unsaturated/α-hetero) is 2. The molecule has 7 heteroatoms. The first kappa shape index (κ1) is 19.2. The van der Waals surface area contributed by atoms with Crippen LogP contribution in [0.2, 0.25) is 0 Å². The number of ether oxygens (including phenoxy) is 1. The Labute approximate surface area is 187 Å². The van der Waals surface area contributed by atoms with Gasteiger partial charge in [-0.05, 0) is 31.1 Å². The number of benzene rings is 2. The monoisotopic (exact) mass is 435 g/mol. The van der Waals surface area contributed by atoms with E-state index < -0.39 is 46.1 Å². The highest BCUT2D eigenvalue weighted by molar-refractivity contribution is 6.32. The molecule has 3 atom stereocenters. The van der Waals surface area contributed by atoms with E-state index in [1.807, 2.05) is 0 Å². The molecule has 0 amide bonds. The zero-order valence-corrected chi connectivity index (χ0v) is 17.1. The molecule has 2 heterocycles. The van der Waals surface area contributed by atoms with Crippen molar-refractivity contribution in [1.82, 2.24) is 0 Å². The number of hydrogen-bond acceptors (Lipinski definition) is 7. The van der Waals surface area contributed by atoms with Crippen LogP contribution in [0.3, 0.4) is 0 Å². The highest BCUT2D eigenvalue weighted by atomic mass is 16.6. The number of phenols is 1. The minimum Gasteiger partial charge on any atom is -0.507 e. The Morgan fingerprint density at radius 1 is 1.06 bits per heavy atom. The number of allylic oxidation sites excluding steroid dienone is 2. The lowest BCUT2D eigenvalue weighted by molar-refractivity contribution is -0.123. The SMILES string of the molecule is CC(=O)C12OC13C(=O)C#C/C=C\C#CC2Nc1c3cc(O)c2c1C(=O)c1ccccc1C2=O. The van der Waals surface area contributed by atoms with Crippen molar-refractivity contribution in [3.63, 3.8) is 0 Å². The van der Waals surface area contributed by atoms with Crippen molar-refractivity contribution in [2.45, 2.75) is 24.2 Å². The Morgan fingerprint density at radius 2 is 1.73 bits per heavy atom. The molecule has 0 saturated carbocycles. The van der Waals surface area contributed by atoms with E-state index in [1.165, 1.54) is 37.3 Å². The minimum atomic E-state index is -1.86. The quantitative estimate of drug-likeness (QED) is 0.259. The van der Waals surface area contributed by atoms with Gasteiger partial charge in [0.05, 0.1) is 16.8 Å². The largest absolute Gasteiger partial charge is 0.507 e.